The molecule has 5 heteroatoms. The van der Waals surface area contributed by atoms with Gasteiger partial charge in [-0.15, -0.1) is 0 Å². The molecule has 0 radical (unpaired) electrons. The Labute approximate surface area is 159 Å². The predicted octanol–water partition coefficient (Wildman–Crippen LogP) is 4.69. The summed E-state index contributed by atoms with van der Waals surface area (Å²) in [6, 6.07) is 12.8. The number of carbonyl (C=O) groups is 2. The second kappa shape index (κ2) is 7.51. The van der Waals surface area contributed by atoms with E-state index in [0.29, 0.717) is 11.3 Å². The Morgan fingerprint density at radius 3 is 2.33 bits per heavy atom. The molecule has 0 aliphatic heterocycles. The van der Waals surface area contributed by atoms with Gasteiger partial charge in [-0.2, -0.15) is 0 Å². The quantitative estimate of drug-likeness (QED) is 0.804. The first kappa shape index (κ1) is 19.1. The molecular formula is C22H25FN2O2. The van der Waals surface area contributed by atoms with Crippen molar-refractivity contribution in [1.29, 1.82) is 0 Å². The van der Waals surface area contributed by atoms with Gasteiger partial charge < -0.3 is 10.6 Å². The van der Waals surface area contributed by atoms with Crippen molar-refractivity contribution < 1.29 is 14.0 Å². The Morgan fingerprint density at radius 1 is 1.07 bits per heavy atom. The first-order valence-corrected chi connectivity index (χ1v) is 9.21. The summed E-state index contributed by atoms with van der Waals surface area (Å²) in [6.45, 7) is 6.06. The standard InChI is InChI=1S/C22H25FN2O2/c1-22(2,3)19(14-9-11-17(23)12-10-14)25-21(27)16-5-4-6-18(13-16)24-20(26)15-7-8-15/h4-6,9-13,15,19H,7-8H2,1-3H3,(H,24,26)(H,25,27). The minimum atomic E-state index is -0.308. The number of anilines is 1. The summed E-state index contributed by atoms with van der Waals surface area (Å²) in [4.78, 5) is 24.8. The zero-order valence-electron chi connectivity index (χ0n) is 15.9. The van der Waals surface area contributed by atoms with E-state index in [1.54, 1.807) is 36.4 Å². The van der Waals surface area contributed by atoms with Crippen LogP contribution in [0.1, 0.15) is 55.6 Å². The van der Waals surface area contributed by atoms with Gasteiger partial charge in [0.15, 0.2) is 0 Å². The first-order valence-electron chi connectivity index (χ1n) is 9.21. The molecule has 1 atom stereocenters. The molecule has 1 unspecified atom stereocenters. The number of rotatable bonds is 5. The Morgan fingerprint density at radius 2 is 1.74 bits per heavy atom. The van der Waals surface area contributed by atoms with Gasteiger partial charge in [0.05, 0.1) is 6.04 Å². The van der Waals surface area contributed by atoms with Crippen molar-refractivity contribution in [2.24, 2.45) is 11.3 Å². The highest BCUT2D eigenvalue weighted by Crippen LogP contribution is 2.33. The van der Waals surface area contributed by atoms with Crippen molar-refractivity contribution in [1.82, 2.24) is 5.32 Å². The Balaban J connectivity index is 1.77. The lowest BCUT2D eigenvalue weighted by Gasteiger charge is -2.32. The van der Waals surface area contributed by atoms with Crippen molar-refractivity contribution in [2.45, 2.75) is 39.7 Å². The van der Waals surface area contributed by atoms with Crippen molar-refractivity contribution in [2.75, 3.05) is 5.32 Å². The highest BCUT2D eigenvalue weighted by Gasteiger charge is 2.30. The summed E-state index contributed by atoms with van der Waals surface area (Å²) in [5.74, 6) is -0.434. The van der Waals surface area contributed by atoms with Gasteiger partial charge in [-0.1, -0.05) is 39.0 Å². The number of benzene rings is 2. The number of carbonyl (C=O) groups excluding carboxylic acids is 2. The maximum atomic E-state index is 13.3. The van der Waals surface area contributed by atoms with E-state index < -0.39 is 0 Å². The van der Waals surface area contributed by atoms with Gasteiger partial charge in [0.2, 0.25) is 5.91 Å². The van der Waals surface area contributed by atoms with E-state index in [0.717, 1.165) is 18.4 Å². The molecule has 1 aliphatic carbocycles. The van der Waals surface area contributed by atoms with Crippen LogP contribution in [0.5, 0.6) is 0 Å². The van der Waals surface area contributed by atoms with Crippen molar-refractivity contribution in [3.05, 3.63) is 65.5 Å². The van der Waals surface area contributed by atoms with Gasteiger partial charge in [0, 0.05) is 17.2 Å². The second-order valence-corrected chi connectivity index (χ2v) is 8.17. The largest absolute Gasteiger partial charge is 0.345 e. The van der Waals surface area contributed by atoms with Crippen LogP contribution < -0.4 is 10.6 Å². The molecule has 2 aromatic rings. The van der Waals surface area contributed by atoms with Crippen LogP contribution in [0.4, 0.5) is 10.1 Å². The van der Waals surface area contributed by atoms with E-state index in [-0.39, 0.29) is 35.0 Å². The molecule has 2 amide bonds. The van der Waals surface area contributed by atoms with Crippen molar-refractivity contribution >= 4 is 17.5 Å². The van der Waals surface area contributed by atoms with E-state index in [4.69, 9.17) is 0 Å². The molecule has 4 nitrogen and oxygen atoms in total. The van der Waals surface area contributed by atoms with E-state index in [1.165, 1.54) is 12.1 Å². The lowest BCUT2D eigenvalue weighted by molar-refractivity contribution is -0.117. The van der Waals surface area contributed by atoms with Crippen LogP contribution in [0, 0.1) is 17.2 Å². The molecule has 1 fully saturated rings. The van der Waals surface area contributed by atoms with Crippen LogP contribution >= 0.6 is 0 Å². The SMILES string of the molecule is CC(C)(C)C(NC(=O)c1cccc(NC(=O)C2CC2)c1)c1ccc(F)cc1. The molecule has 1 aliphatic rings. The number of amides is 2. The van der Waals surface area contributed by atoms with Gasteiger partial charge >= 0.3 is 0 Å². The fraction of sp³-hybridized carbons (Fsp3) is 0.364. The third kappa shape index (κ3) is 4.94. The summed E-state index contributed by atoms with van der Waals surface area (Å²) in [5.41, 5.74) is 1.68. The molecule has 142 valence electrons. The highest BCUT2D eigenvalue weighted by atomic mass is 19.1. The Bertz CT molecular complexity index is 836. The van der Waals surface area contributed by atoms with Crippen molar-refractivity contribution in [3.63, 3.8) is 0 Å². The zero-order chi connectivity index (χ0) is 19.6. The molecule has 0 spiro atoms. The molecule has 1 saturated carbocycles. The highest BCUT2D eigenvalue weighted by molar-refractivity contribution is 5.98. The average Bonchev–Trinajstić information content (AvgIpc) is 3.45. The van der Waals surface area contributed by atoms with Crippen LogP contribution in [0.25, 0.3) is 0 Å². The van der Waals surface area contributed by atoms with Crippen LogP contribution in [-0.4, -0.2) is 11.8 Å². The molecule has 0 saturated heterocycles. The topological polar surface area (TPSA) is 58.2 Å². The summed E-state index contributed by atoms with van der Waals surface area (Å²) in [7, 11) is 0. The van der Waals surface area contributed by atoms with Crippen LogP contribution in [0.2, 0.25) is 0 Å². The van der Waals surface area contributed by atoms with Crippen LogP contribution in [0.15, 0.2) is 48.5 Å². The lowest BCUT2D eigenvalue weighted by Crippen LogP contribution is -2.36. The predicted molar refractivity (Wildman–Crippen MR) is 104 cm³/mol. The smallest absolute Gasteiger partial charge is 0.251 e. The Hall–Kier alpha value is -2.69. The molecule has 27 heavy (non-hydrogen) atoms. The van der Waals surface area contributed by atoms with Gasteiger partial charge in [-0.05, 0) is 54.2 Å². The maximum absolute atomic E-state index is 13.3. The molecule has 0 bridgehead atoms. The summed E-state index contributed by atoms with van der Waals surface area (Å²) >= 11 is 0. The summed E-state index contributed by atoms with van der Waals surface area (Å²) in [6.07, 6.45) is 1.86. The lowest BCUT2D eigenvalue weighted by atomic mass is 9.82. The van der Waals surface area contributed by atoms with Crippen LogP contribution in [0.3, 0.4) is 0 Å². The molecule has 0 aromatic heterocycles. The van der Waals surface area contributed by atoms with Gasteiger partial charge in [-0.3, -0.25) is 9.59 Å². The summed E-state index contributed by atoms with van der Waals surface area (Å²) < 4.78 is 13.3. The minimum absolute atomic E-state index is 0.00596. The third-order valence-corrected chi connectivity index (χ3v) is 4.69. The van der Waals surface area contributed by atoms with E-state index in [2.05, 4.69) is 10.6 Å². The normalized spacial score (nSPS) is 15.1. The first-order chi connectivity index (χ1) is 12.7. The fourth-order valence-electron chi connectivity index (χ4n) is 3.00. The molecule has 2 N–H and O–H groups in total. The zero-order valence-corrected chi connectivity index (χ0v) is 15.9. The summed E-state index contributed by atoms with van der Waals surface area (Å²) in [5, 5.41) is 5.91. The average molecular weight is 368 g/mol. The van der Waals surface area contributed by atoms with E-state index in [9.17, 15) is 14.0 Å². The van der Waals surface area contributed by atoms with Gasteiger partial charge in [0.25, 0.3) is 5.91 Å². The van der Waals surface area contributed by atoms with Crippen molar-refractivity contribution in [3.8, 4) is 0 Å². The van der Waals surface area contributed by atoms with Gasteiger partial charge in [-0.25, -0.2) is 4.39 Å². The minimum Gasteiger partial charge on any atom is -0.345 e. The number of hydrogen-bond acceptors (Lipinski definition) is 2. The maximum Gasteiger partial charge on any atom is 0.251 e. The Kier molecular flexibility index (Phi) is 5.31. The number of nitrogens with one attached hydrogen (secondary N) is 2. The van der Waals surface area contributed by atoms with Gasteiger partial charge in [0.1, 0.15) is 5.82 Å². The molecular weight excluding hydrogens is 343 g/mol. The second-order valence-electron chi connectivity index (χ2n) is 8.17. The van der Waals surface area contributed by atoms with E-state index >= 15 is 0 Å². The number of hydrogen-bond donors (Lipinski definition) is 2. The monoisotopic (exact) mass is 368 g/mol. The molecule has 2 aromatic carbocycles. The molecule has 3 rings (SSSR count). The molecule has 0 heterocycles. The van der Waals surface area contributed by atoms with Crippen LogP contribution in [-0.2, 0) is 4.79 Å². The van der Waals surface area contributed by atoms with E-state index in [1.807, 2.05) is 20.8 Å². The third-order valence-electron chi connectivity index (χ3n) is 4.69. The fourth-order valence-corrected chi connectivity index (χ4v) is 3.00. The number of halogens is 1.